The first-order valence-corrected chi connectivity index (χ1v) is 13.0. The maximum Gasteiger partial charge on any atom is 0.341 e. The van der Waals surface area contributed by atoms with Gasteiger partial charge in [0.15, 0.2) is 0 Å². The zero-order valence-electron chi connectivity index (χ0n) is 21.8. The maximum atomic E-state index is 15.3. The third-order valence-corrected chi connectivity index (χ3v) is 7.69. The fourth-order valence-corrected chi connectivity index (χ4v) is 5.42. The fourth-order valence-electron chi connectivity index (χ4n) is 5.42. The number of hydrogen-bond acceptors (Lipinski definition) is 7. The summed E-state index contributed by atoms with van der Waals surface area (Å²) in [6.45, 7) is 9.55. The minimum absolute atomic E-state index is 0.112. The van der Waals surface area contributed by atoms with Gasteiger partial charge in [-0.15, -0.1) is 0 Å². The van der Waals surface area contributed by atoms with E-state index in [4.69, 9.17) is 9.47 Å². The third kappa shape index (κ3) is 4.41. The van der Waals surface area contributed by atoms with Gasteiger partial charge in [-0.3, -0.25) is 14.7 Å². The van der Waals surface area contributed by atoms with Crippen molar-refractivity contribution in [2.24, 2.45) is 0 Å². The van der Waals surface area contributed by atoms with Crippen molar-refractivity contribution in [2.45, 2.75) is 58.6 Å². The molecule has 3 aromatic rings. The number of fused-ring (bicyclic) bond motifs is 2. The number of aromatic carboxylic acids is 1. The summed E-state index contributed by atoms with van der Waals surface area (Å²) in [6.07, 6.45) is 5.12. The van der Waals surface area contributed by atoms with Gasteiger partial charge < -0.3 is 24.0 Å². The largest absolute Gasteiger partial charge is 0.477 e. The molecule has 1 aromatic carbocycles. The van der Waals surface area contributed by atoms with E-state index in [0.717, 1.165) is 48.5 Å². The summed E-state index contributed by atoms with van der Waals surface area (Å²) >= 11 is 0. The Hall–Kier alpha value is -3.50. The first kappa shape index (κ1) is 24.8. The number of carboxylic acid groups (broad SMARTS) is 1. The highest BCUT2D eigenvalue weighted by Gasteiger charge is 2.32. The molecule has 0 unspecified atom stereocenters. The van der Waals surface area contributed by atoms with Crippen molar-refractivity contribution in [2.75, 3.05) is 31.1 Å². The molecule has 1 aliphatic carbocycles. The smallest absolute Gasteiger partial charge is 0.341 e. The van der Waals surface area contributed by atoms with Crippen molar-refractivity contribution in [3.05, 3.63) is 63.0 Å². The molecule has 2 aromatic heterocycles. The van der Waals surface area contributed by atoms with Crippen molar-refractivity contribution in [1.29, 1.82) is 0 Å². The number of carboxylic acids is 1. The van der Waals surface area contributed by atoms with Gasteiger partial charge in [0.05, 0.1) is 23.5 Å². The number of ether oxygens (including phenoxy) is 2. The molecule has 2 fully saturated rings. The lowest BCUT2D eigenvalue weighted by molar-refractivity contribution is -0.180. The van der Waals surface area contributed by atoms with Gasteiger partial charge in [-0.05, 0) is 37.5 Å². The molecule has 4 heterocycles. The predicted molar refractivity (Wildman–Crippen MR) is 139 cm³/mol. The first-order valence-electron chi connectivity index (χ1n) is 13.0. The Morgan fingerprint density at radius 1 is 1.21 bits per heavy atom. The SMILES string of the molecule is Cc1ncc(CN2CCN(c3cc4c(cc3F)c(=O)c(C(=O)O)cn4C3CC3)CC2)c2c1OC(C)(C)OC2. The van der Waals surface area contributed by atoms with E-state index >= 15 is 4.39 Å². The molecule has 0 bridgehead atoms. The van der Waals surface area contributed by atoms with Crippen molar-refractivity contribution in [1.82, 2.24) is 14.5 Å². The average Bonchev–Trinajstić information content (AvgIpc) is 3.71. The summed E-state index contributed by atoms with van der Waals surface area (Å²) in [5, 5.41) is 9.59. The van der Waals surface area contributed by atoms with Crippen LogP contribution in [0.1, 0.15) is 59.9 Å². The molecule has 3 aliphatic rings. The summed E-state index contributed by atoms with van der Waals surface area (Å²) in [4.78, 5) is 33.2. The number of halogens is 1. The maximum absolute atomic E-state index is 15.3. The van der Waals surface area contributed by atoms with Crippen LogP contribution in [-0.4, -0.2) is 57.5 Å². The van der Waals surface area contributed by atoms with Crippen LogP contribution in [0.4, 0.5) is 10.1 Å². The van der Waals surface area contributed by atoms with Gasteiger partial charge in [-0.1, -0.05) is 0 Å². The van der Waals surface area contributed by atoms with Crippen LogP contribution in [0.3, 0.4) is 0 Å². The van der Waals surface area contributed by atoms with E-state index < -0.39 is 23.0 Å². The number of nitrogens with zero attached hydrogens (tertiary/aromatic N) is 4. The van der Waals surface area contributed by atoms with Crippen LogP contribution in [0.15, 0.2) is 29.3 Å². The molecule has 6 rings (SSSR count). The number of carbonyl (C=O) groups is 1. The van der Waals surface area contributed by atoms with Crippen LogP contribution in [-0.2, 0) is 17.9 Å². The van der Waals surface area contributed by atoms with Crippen LogP contribution in [0.2, 0.25) is 0 Å². The second kappa shape index (κ2) is 9.06. The number of piperazine rings is 1. The second-order valence-electron chi connectivity index (χ2n) is 10.9. The molecule has 1 saturated carbocycles. The monoisotopic (exact) mass is 522 g/mol. The van der Waals surface area contributed by atoms with E-state index in [1.165, 1.54) is 12.3 Å². The quantitative estimate of drug-likeness (QED) is 0.540. The third-order valence-electron chi connectivity index (χ3n) is 7.69. The minimum atomic E-state index is -1.29. The van der Waals surface area contributed by atoms with E-state index in [2.05, 4.69) is 9.88 Å². The molecule has 0 spiro atoms. The number of aryl methyl sites for hydroxylation is 1. The highest BCUT2D eigenvalue weighted by molar-refractivity contribution is 5.93. The number of pyridine rings is 2. The number of aromatic nitrogens is 2. The molecule has 200 valence electrons. The van der Waals surface area contributed by atoms with E-state index in [1.54, 1.807) is 6.07 Å². The van der Waals surface area contributed by atoms with Crippen LogP contribution < -0.4 is 15.1 Å². The van der Waals surface area contributed by atoms with Gasteiger partial charge in [0.2, 0.25) is 11.2 Å². The zero-order chi connectivity index (χ0) is 26.8. The van der Waals surface area contributed by atoms with Crippen molar-refractivity contribution >= 4 is 22.6 Å². The summed E-state index contributed by atoms with van der Waals surface area (Å²) in [5.41, 5.74) is 2.99. The van der Waals surface area contributed by atoms with E-state index in [1.807, 2.05) is 36.4 Å². The molecule has 0 radical (unpaired) electrons. The van der Waals surface area contributed by atoms with Crippen molar-refractivity contribution < 1.29 is 23.8 Å². The van der Waals surface area contributed by atoms with Crippen molar-refractivity contribution in [3.8, 4) is 5.75 Å². The Kier molecular flexibility index (Phi) is 5.92. The van der Waals surface area contributed by atoms with Gasteiger partial charge in [0.1, 0.15) is 17.1 Å². The molecular weight excluding hydrogens is 491 g/mol. The summed E-state index contributed by atoms with van der Waals surface area (Å²) < 4.78 is 29.1. The van der Waals surface area contributed by atoms with Gasteiger partial charge >= 0.3 is 5.97 Å². The standard InChI is InChI=1S/C28H31FN4O5/c1-16-26-21(15-37-28(2,3)38-26)17(12-30-16)13-31-6-8-32(9-7-31)24-11-23-19(10-22(24)29)25(34)20(27(35)36)14-33(23)18-4-5-18/h10-12,14,18H,4-9,13,15H2,1-3H3,(H,35,36). The van der Waals surface area contributed by atoms with E-state index in [-0.39, 0.29) is 17.0 Å². The van der Waals surface area contributed by atoms with Crippen LogP contribution in [0.25, 0.3) is 10.9 Å². The molecule has 0 atom stereocenters. The lowest BCUT2D eigenvalue weighted by atomic mass is 10.1. The Bertz CT molecular complexity index is 1510. The first-order chi connectivity index (χ1) is 18.1. The number of benzene rings is 1. The fraction of sp³-hybridized carbons (Fsp3) is 0.464. The van der Waals surface area contributed by atoms with E-state index in [0.29, 0.717) is 37.4 Å². The molecule has 2 aliphatic heterocycles. The Morgan fingerprint density at radius 2 is 1.95 bits per heavy atom. The molecular formula is C28H31FN4O5. The molecule has 0 amide bonds. The van der Waals surface area contributed by atoms with Gasteiger partial charge in [0.25, 0.3) is 0 Å². The van der Waals surface area contributed by atoms with Gasteiger partial charge in [-0.25, -0.2) is 9.18 Å². The Labute approximate surface area is 219 Å². The summed E-state index contributed by atoms with van der Waals surface area (Å²) in [7, 11) is 0. The molecule has 10 heteroatoms. The Balaban J connectivity index is 1.23. The molecule has 38 heavy (non-hydrogen) atoms. The van der Waals surface area contributed by atoms with Crippen LogP contribution in [0, 0.1) is 12.7 Å². The normalized spacial score (nSPS) is 19.3. The van der Waals surface area contributed by atoms with Gasteiger partial charge in [-0.2, -0.15) is 0 Å². The van der Waals surface area contributed by atoms with Crippen molar-refractivity contribution in [3.63, 3.8) is 0 Å². The minimum Gasteiger partial charge on any atom is -0.477 e. The lowest BCUT2D eigenvalue weighted by Crippen LogP contribution is -2.46. The van der Waals surface area contributed by atoms with Crippen LogP contribution in [0.5, 0.6) is 5.75 Å². The lowest BCUT2D eigenvalue weighted by Gasteiger charge is -2.38. The number of hydrogen-bond donors (Lipinski definition) is 1. The number of anilines is 1. The highest BCUT2D eigenvalue weighted by atomic mass is 19.1. The molecule has 1 saturated heterocycles. The number of rotatable bonds is 5. The predicted octanol–water partition coefficient (Wildman–Crippen LogP) is 3.84. The average molecular weight is 523 g/mol. The molecule has 1 N–H and O–H groups in total. The summed E-state index contributed by atoms with van der Waals surface area (Å²) in [6, 6.07) is 3.05. The zero-order valence-corrected chi connectivity index (χ0v) is 21.8. The summed E-state index contributed by atoms with van der Waals surface area (Å²) in [5.74, 6) is -1.70. The van der Waals surface area contributed by atoms with Gasteiger partial charge in [0, 0.05) is 76.0 Å². The van der Waals surface area contributed by atoms with Crippen LogP contribution >= 0.6 is 0 Å². The second-order valence-corrected chi connectivity index (χ2v) is 10.9. The van der Waals surface area contributed by atoms with E-state index in [9.17, 15) is 14.7 Å². The Morgan fingerprint density at radius 3 is 2.63 bits per heavy atom. The molecule has 9 nitrogen and oxygen atoms in total. The highest BCUT2D eigenvalue weighted by Crippen LogP contribution is 2.39. The topological polar surface area (TPSA) is 97.1 Å².